The third kappa shape index (κ3) is 1.18. The molecule has 2 unspecified atom stereocenters. The SMILES string of the molecule is CC1(NC(=O)C2C3CCCC32)CC1. The molecule has 3 saturated carbocycles. The number of hydrogen-bond acceptors (Lipinski definition) is 1. The van der Waals surface area contributed by atoms with Crippen LogP contribution in [0.15, 0.2) is 0 Å². The molecule has 2 heteroatoms. The lowest BCUT2D eigenvalue weighted by Crippen LogP contribution is -2.36. The number of fused-ring (bicyclic) bond motifs is 1. The van der Waals surface area contributed by atoms with E-state index in [1.54, 1.807) is 0 Å². The molecule has 0 aromatic rings. The van der Waals surface area contributed by atoms with Crippen molar-refractivity contribution in [2.75, 3.05) is 0 Å². The van der Waals surface area contributed by atoms with E-state index in [2.05, 4.69) is 12.2 Å². The molecule has 72 valence electrons. The predicted molar refractivity (Wildman–Crippen MR) is 50.1 cm³/mol. The van der Waals surface area contributed by atoms with Gasteiger partial charge in [0.1, 0.15) is 0 Å². The molecule has 0 aromatic carbocycles. The lowest BCUT2D eigenvalue weighted by molar-refractivity contribution is -0.123. The van der Waals surface area contributed by atoms with Crippen molar-refractivity contribution in [3.05, 3.63) is 0 Å². The van der Waals surface area contributed by atoms with Crippen LogP contribution in [0.25, 0.3) is 0 Å². The van der Waals surface area contributed by atoms with E-state index >= 15 is 0 Å². The molecule has 0 aliphatic heterocycles. The lowest BCUT2D eigenvalue weighted by Gasteiger charge is -2.12. The highest BCUT2D eigenvalue weighted by Crippen LogP contribution is 2.57. The highest BCUT2D eigenvalue weighted by molar-refractivity contribution is 5.83. The number of carbonyl (C=O) groups is 1. The summed E-state index contributed by atoms with van der Waals surface area (Å²) < 4.78 is 0. The normalized spacial score (nSPS) is 43.9. The van der Waals surface area contributed by atoms with Gasteiger partial charge in [-0.05, 0) is 44.4 Å². The third-order valence-corrected chi connectivity index (χ3v) is 4.13. The Morgan fingerprint density at radius 2 is 1.92 bits per heavy atom. The second-order valence-corrected chi connectivity index (χ2v) is 5.33. The summed E-state index contributed by atoms with van der Waals surface area (Å²) in [5.74, 6) is 2.30. The molecule has 1 N–H and O–H groups in total. The van der Waals surface area contributed by atoms with Crippen LogP contribution in [0.3, 0.4) is 0 Å². The van der Waals surface area contributed by atoms with Crippen LogP contribution < -0.4 is 5.32 Å². The van der Waals surface area contributed by atoms with Gasteiger partial charge in [0, 0.05) is 11.5 Å². The molecule has 2 nitrogen and oxygen atoms in total. The van der Waals surface area contributed by atoms with Gasteiger partial charge in [-0.1, -0.05) is 6.42 Å². The molecule has 1 amide bonds. The highest BCUT2D eigenvalue weighted by atomic mass is 16.2. The van der Waals surface area contributed by atoms with Gasteiger partial charge in [-0.15, -0.1) is 0 Å². The van der Waals surface area contributed by atoms with E-state index in [0.717, 1.165) is 11.8 Å². The van der Waals surface area contributed by atoms with Crippen molar-refractivity contribution in [3.63, 3.8) is 0 Å². The van der Waals surface area contributed by atoms with Crippen LogP contribution in [0.5, 0.6) is 0 Å². The summed E-state index contributed by atoms with van der Waals surface area (Å²) in [7, 11) is 0. The second-order valence-electron chi connectivity index (χ2n) is 5.33. The van der Waals surface area contributed by atoms with E-state index in [1.807, 2.05) is 0 Å². The maximum atomic E-state index is 11.8. The van der Waals surface area contributed by atoms with Crippen LogP contribution in [0, 0.1) is 17.8 Å². The van der Waals surface area contributed by atoms with Crippen molar-refractivity contribution < 1.29 is 4.79 Å². The third-order valence-electron chi connectivity index (χ3n) is 4.13. The smallest absolute Gasteiger partial charge is 0.224 e. The fourth-order valence-corrected chi connectivity index (χ4v) is 2.90. The Bertz CT molecular complexity index is 247. The maximum absolute atomic E-state index is 11.8. The van der Waals surface area contributed by atoms with Crippen LogP contribution in [0.1, 0.15) is 39.0 Å². The summed E-state index contributed by atoms with van der Waals surface area (Å²) in [5, 5.41) is 3.18. The summed E-state index contributed by atoms with van der Waals surface area (Å²) in [6.45, 7) is 2.16. The zero-order chi connectivity index (χ0) is 9.05. The van der Waals surface area contributed by atoms with Crippen molar-refractivity contribution in [2.45, 2.75) is 44.6 Å². The first-order valence-electron chi connectivity index (χ1n) is 5.52. The van der Waals surface area contributed by atoms with Crippen molar-refractivity contribution in [1.82, 2.24) is 5.32 Å². The molecule has 0 heterocycles. The average Bonchev–Trinajstić information content (AvgIpc) is 2.92. The Morgan fingerprint density at radius 1 is 1.31 bits per heavy atom. The Hall–Kier alpha value is -0.530. The summed E-state index contributed by atoms with van der Waals surface area (Å²) in [4.78, 5) is 11.8. The molecule has 2 atom stereocenters. The summed E-state index contributed by atoms with van der Waals surface area (Å²) in [6, 6.07) is 0. The molecule has 0 radical (unpaired) electrons. The van der Waals surface area contributed by atoms with Crippen LogP contribution in [0.4, 0.5) is 0 Å². The van der Waals surface area contributed by atoms with Crippen LogP contribution >= 0.6 is 0 Å². The summed E-state index contributed by atoms with van der Waals surface area (Å²) >= 11 is 0. The Kier molecular flexibility index (Phi) is 1.38. The highest BCUT2D eigenvalue weighted by Gasteiger charge is 2.57. The molecule has 3 fully saturated rings. The first-order chi connectivity index (χ1) is 6.20. The van der Waals surface area contributed by atoms with Crippen LogP contribution in [-0.4, -0.2) is 11.4 Å². The monoisotopic (exact) mass is 179 g/mol. The number of rotatable bonds is 2. The number of amides is 1. The van der Waals surface area contributed by atoms with E-state index in [9.17, 15) is 4.79 Å². The van der Waals surface area contributed by atoms with E-state index in [1.165, 1.54) is 32.1 Å². The van der Waals surface area contributed by atoms with Gasteiger partial charge in [-0.25, -0.2) is 0 Å². The maximum Gasteiger partial charge on any atom is 0.224 e. The van der Waals surface area contributed by atoms with Gasteiger partial charge in [-0.2, -0.15) is 0 Å². The van der Waals surface area contributed by atoms with Gasteiger partial charge in [0.2, 0.25) is 5.91 Å². The van der Waals surface area contributed by atoms with E-state index < -0.39 is 0 Å². The fraction of sp³-hybridized carbons (Fsp3) is 0.909. The van der Waals surface area contributed by atoms with Gasteiger partial charge in [-0.3, -0.25) is 4.79 Å². The first kappa shape index (κ1) is 7.84. The largest absolute Gasteiger partial charge is 0.351 e. The molecule has 0 spiro atoms. The van der Waals surface area contributed by atoms with Gasteiger partial charge >= 0.3 is 0 Å². The van der Waals surface area contributed by atoms with E-state index in [4.69, 9.17) is 0 Å². The number of carbonyl (C=O) groups excluding carboxylic acids is 1. The average molecular weight is 179 g/mol. The Labute approximate surface area is 79.1 Å². The van der Waals surface area contributed by atoms with Crippen molar-refractivity contribution in [2.24, 2.45) is 17.8 Å². The molecule has 3 aliphatic carbocycles. The minimum atomic E-state index is 0.188. The quantitative estimate of drug-likeness (QED) is 0.687. The lowest BCUT2D eigenvalue weighted by atomic mass is 10.1. The van der Waals surface area contributed by atoms with Crippen LogP contribution in [0.2, 0.25) is 0 Å². The zero-order valence-electron chi connectivity index (χ0n) is 8.18. The van der Waals surface area contributed by atoms with Gasteiger partial charge < -0.3 is 5.32 Å². The molecule has 0 aromatic heterocycles. The molecular formula is C11H17NO. The van der Waals surface area contributed by atoms with Gasteiger partial charge in [0.05, 0.1) is 0 Å². The van der Waals surface area contributed by atoms with E-state index in [-0.39, 0.29) is 5.54 Å². The molecule has 3 rings (SSSR count). The molecule has 13 heavy (non-hydrogen) atoms. The minimum absolute atomic E-state index is 0.188. The molecular weight excluding hydrogens is 162 g/mol. The standard InChI is InChI=1S/C11H17NO/c1-11(5-6-11)12-10(13)9-7-3-2-4-8(7)9/h7-9H,2-6H2,1H3,(H,12,13). The Balaban J connectivity index is 1.58. The van der Waals surface area contributed by atoms with Crippen molar-refractivity contribution >= 4 is 5.91 Å². The van der Waals surface area contributed by atoms with Gasteiger partial charge in [0.15, 0.2) is 0 Å². The topological polar surface area (TPSA) is 29.1 Å². The van der Waals surface area contributed by atoms with E-state index in [0.29, 0.717) is 11.8 Å². The van der Waals surface area contributed by atoms with Crippen molar-refractivity contribution in [1.29, 1.82) is 0 Å². The number of nitrogens with one attached hydrogen (secondary N) is 1. The molecule has 0 saturated heterocycles. The zero-order valence-corrected chi connectivity index (χ0v) is 8.18. The minimum Gasteiger partial charge on any atom is -0.351 e. The van der Waals surface area contributed by atoms with Crippen LogP contribution in [-0.2, 0) is 4.79 Å². The summed E-state index contributed by atoms with van der Waals surface area (Å²) in [5.41, 5.74) is 0.188. The Morgan fingerprint density at radius 3 is 2.46 bits per heavy atom. The van der Waals surface area contributed by atoms with Gasteiger partial charge in [0.25, 0.3) is 0 Å². The molecule has 3 aliphatic rings. The fourth-order valence-electron chi connectivity index (χ4n) is 2.90. The predicted octanol–water partition coefficient (Wildman–Crippen LogP) is 1.70. The molecule has 0 bridgehead atoms. The second kappa shape index (κ2) is 2.28. The first-order valence-corrected chi connectivity index (χ1v) is 5.52. The number of hydrogen-bond donors (Lipinski definition) is 1. The summed E-state index contributed by atoms with van der Waals surface area (Å²) in [6.07, 6.45) is 6.33. The van der Waals surface area contributed by atoms with Crippen molar-refractivity contribution in [3.8, 4) is 0 Å².